The molecule has 0 saturated carbocycles. The third-order valence-electron chi connectivity index (χ3n) is 1.29. The molecule has 0 aromatic carbocycles. The lowest BCUT2D eigenvalue weighted by atomic mass is 10.0. The van der Waals surface area contributed by atoms with Crippen LogP contribution in [0.5, 0.6) is 0 Å². The van der Waals surface area contributed by atoms with Gasteiger partial charge in [0, 0.05) is 7.11 Å². The maximum Gasteiger partial charge on any atom is 0.253 e. The summed E-state index contributed by atoms with van der Waals surface area (Å²) in [6, 6.07) is -0.220. The zero-order valence-electron chi connectivity index (χ0n) is 5.05. The molecule has 1 N–H and O–H groups in total. The van der Waals surface area contributed by atoms with Crippen molar-refractivity contribution in [2.75, 3.05) is 7.11 Å². The Labute approximate surface area is 53.4 Å². The van der Waals surface area contributed by atoms with Crippen molar-refractivity contribution in [1.29, 1.82) is 0 Å². The Balaban J connectivity index is 2.50. The zero-order chi connectivity index (χ0) is 6.85. The maximum atomic E-state index is 10.5. The Morgan fingerprint density at radius 1 is 1.89 bits per heavy atom. The molecule has 0 aromatic heterocycles. The first-order chi connectivity index (χ1) is 4.29. The standard InChI is InChI=1S/C6H7NO2/c1-3-4-5(9-2)6(8)7-4/h1,4-5H,2H3,(H,7,8)/t4-,5-/m1/s1. The average molecular weight is 125 g/mol. The lowest BCUT2D eigenvalue weighted by Crippen LogP contribution is -2.62. The van der Waals surface area contributed by atoms with E-state index in [0.717, 1.165) is 0 Å². The van der Waals surface area contributed by atoms with Crippen LogP contribution in [0, 0.1) is 12.3 Å². The molecule has 1 aliphatic heterocycles. The molecule has 1 saturated heterocycles. The van der Waals surface area contributed by atoms with Crippen molar-refractivity contribution >= 4 is 5.91 Å². The number of carbonyl (C=O) groups is 1. The number of terminal acetylenes is 1. The van der Waals surface area contributed by atoms with E-state index in [2.05, 4.69) is 11.2 Å². The van der Waals surface area contributed by atoms with Crippen LogP contribution in [0.15, 0.2) is 0 Å². The van der Waals surface area contributed by atoms with Crippen molar-refractivity contribution in [2.24, 2.45) is 0 Å². The molecule has 0 aromatic rings. The van der Waals surface area contributed by atoms with Crippen LogP contribution in [0.4, 0.5) is 0 Å². The Hall–Kier alpha value is -1.01. The number of hydrogen-bond acceptors (Lipinski definition) is 2. The summed E-state index contributed by atoms with van der Waals surface area (Å²) in [7, 11) is 1.47. The first-order valence-corrected chi connectivity index (χ1v) is 2.59. The van der Waals surface area contributed by atoms with Gasteiger partial charge >= 0.3 is 0 Å². The molecule has 9 heavy (non-hydrogen) atoms. The molecule has 1 heterocycles. The summed E-state index contributed by atoms with van der Waals surface area (Å²) in [5.41, 5.74) is 0. The van der Waals surface area contributed by atoms with Gasteiger partial charge in [-0.1, -0.05) is 5.92 Å². The maximum absolute atomic E-state index is 10.5. The van der Waals surface area contributed by atoms with E-state index in [9.17, 15) is 4.79 Å². The summed E-state index contributed by atoms with van der Waals surface area (Å²) in [6.45, 7) is 0. The Kier molecular flexibility index (Phi) is 1.41. The monoisotopic (exact) mass is 125 g/mol. The molecule has 2 atom stereocenters. The summed E-state index contributed by atoms with van der Waals surface area (Å²) in [5.74, 6) is 2.25. The number of nitrogens with one attached hydrogen (secondary N) is 1. The molecule has 0 spiro atoms. The molecule has 0 radical (unpaired) electrons. The predicted molar refractivity (Wildman–Crippen MR) is 31.6 cm³/mol. The molecule has 0 unspecified atom stereocenters. The topological polar surface area (TPSA) is 38.3 Å². The normalized spacial score (nSPS) is 32.2. The van der Waals surface area contributed by atoms with Crippen LogP contribution in [-0.4, -0.2) is 25.2 Å². The van der Waals surface area contributed by atoms with Crippen LogP contribution in [0.2, 0.25) is 0 Å². The van der Waals surface area contributed by atoms with E-state index in [0.29, 0.717) is 0 Å². The predicted octanol–water partition coefficient (Wildman–Crippen LogP) is -0.867. The second-order valence-electron chi connectivity index (χ2n) is 1.81. The van der Waals surface area contributed by atoms with Crippen LogP contribution in [0.25, 0.3) is 0 Å². The van der Waals surface area contributed by atoms with E-state index in [-0.39, 0.29) is 11.9 Å². The highest BCUT2D eigenvalue weighted by atomic mass is 16.5. The SMILES string of the molecule is C#C[C@H]1NC(=O)[C@@H]1OC. The van der Waals surface area contributed by atoms with Crippen LogP contribution in [0.1, 0.15) is 0 Å². The van der Waals surface area contributed by atoms with Crippen molar-refractivity contribution in [2.45, 2.75) is 12.1 Å². The number of carbonyl (C=O) groups excluding carboxylic acids is 1. The number of β-lactam (4-membered cyclic amide) rings is 1. The van der Waals surface area contributed by atoms with E-state index in [4.69, 9.17) is 11.2 Å². The Morgan fingerprint density at radius 3 is 2.78 bits per heavy atom. The van der Waals surface area contributed by atoms with Crippen molar-refractivity contribution in [3.05, 3.63) is 0 Å². The third-order valence-corrected chi connectivity index (χ3v) is 1.29. The summed E-state index contributed by atoms with van der Waals surface area (Å²) in [5, 5.41) is 2.49. The fraction of sp³-hybridized carbons (Fsp3) is 0.500. The van der Waals surface area contributed by atoms with Crippen molar-refractivity contribution in [1.82, 2.24) is 5.32 Å². The highest BCUT2D eigenvalue weighted by molar-refractivity contribution is 5.89. The van der Waals surface area contributed by atoms with Crippen LogP contribution in [-0.2, 0) is 9.53 Å². The fourth-order valence-corrected chi connectivity index (χ4v) is 0.738. The van der Waals surface area contributed by atoms with Gasteiger partial charge in [-0.05, 0) is 0 Å². The summed E-state index contributed by atoms with van der Waals surface area (Å²) < 4.78 is 4.75. The third kappa shape index (κ3) is 0.775. The molecular formula is C6H7NO2. The number of methoxy groups -OCH3 is 1. The lowest BCUT2D eigenvalue weighted by Gasteiger charge is -2.31. The zero-order valence-corrected chi connectivity index (χ0v) is 5.05. The minimum absolute atomic E-state index is 0.125. The van der Waals surface area contributed by atoms with Gasteiger partial charge in [0.15, 0.2) is 6.10 Å². The Bertz CT molecular complexity index is 170. The molecule has 1 fully saturated rings. The Morgan fingerprint density at radius 2 is 2.56 bits per heavy atom. The van der Waals surface area contributed by atoms with Gasteiger partial charge < -0.3 is 10.1 Å². The molecule has 0 bridgehead atoms. The molecule has 1 aliphatic rings. The fourth-order valence-electron chi connectivity index (χ4n) is 0.738. The summed E-state index contributed by atoms with van der Waals surface area (Å²) in [4.78, 5) is 10.5. The van der Waals surface area contributed by atoms with Crippen molar-refractivity contribution < 1.29 is 9.53 Å². The van der Waals surface area contributed by atoms with Crippen molar-refractivity contribution in [3.63, 3.8) is 0 Å². The second-order valence-corrected chi connectivity index (χ2v) is 1.81. The quantitative estimate of drug-likeness (QED) is 0.365. The molecule has 1 rings (SSSR count). The van der Waals surface area contributed by atoms with Gasteiger partial charge in [-0.3, -0.25) is 4.79 Å². The van der Waals surface area contributed by atoms with Gasteiger partial charge in [0.05, 0.1) is 0 Å². The van der Waals surface area contributed by atoms with E-state index in [1.165, 1.54) is 7.11 Å². The van der Waals surface area contributed by atoms with Crippen molar-refractivity contribution in [3.8, 4) is 12.3 Å². The van der Waals surface area contributed by atoms with Gasteiger partial charge in [0.1, 0.15) is 6.04 Å². The van der Waals surface area contributed by atoms with E-state index < -0.39 is 6.10 Å². The van der Waals surface area contributed by atoms with Crippen LogP contribution < -0.4 is 5.32 Å². The highest BCUT2D eigenvalue weighted by Gasteiger charge is 2.37. The first kappa shape index (κ1) is 6.12. The van der Waals surface area contributed by atoms with Gasteiger partial charge in [0.25, 0.3) is 5.91 Å². The number of rotatable bonds is 1. The smallest absolute Gasteiger partial charge is 0.253 e. The molecule has 0 aliphatic carbocycles. The van der Waals surface area contributed by atoms with E-state index >= 15 is 0 Å². The number of ether oxygens (including phenoxy) is 1. The number of amides is 1. The molecule has 48 valence electrons. The lowest BCUT2D eigenvalue weighted by molar-refractivity contribution is -0.142. The second kappa shape index (κ2) is 2.08. The van der Waals surface area contributed by atoms with E-state index in [1.54, 1.807) is 0 Å². The van der Waals surface area contributed by atoms with Gasteiger partial charge in [-0.15, -0.1) is 6.42 Å². The minimum atomic E-state index is -0.421. The van der Waals surface area contributed by atoms with Gasteiger partial charge in [0.2, 0.25) is 0 Å². The summed E-state index contributed by atoms with van der Waals surface area (Å²) in [6.07, 6.45) is 4.60. The van der Waals surface area contributed by atoms with Crippen LogP contribution in [0.3, 0.4) is 0 Å². The number of hydrogen-bond donors (Lipinski definition) is 1. The summed E-state index contributed by atoms with van der Waals surface area (Å²) >= 11 is 0. The molecule has 1 amide bonds. The molecule has 3 heteroatoms. The largest absolute Gasteiger partial charge is 0.368 e. The van der Waals surface area contributed by atoms with E-state index in [1.807, 2.05) is 0 Å². The highest BCUT2D eigenvalue weighted by Crippen LogP contribution is 2.07. The minimum Gasteiger partial charge on any atom is -0.368 e. The molecule has 3 nitrogen and oxygen atoms in total. The van der Waals surface area contributed by atoms with Crippen LogP contribution >= 0.6 is 0 Å². The first-order valence-electron chi connectivity index (χ1n) is 2.59. The molecular weight excluding hydrogens is 118 g/mol. The van der Waals surface area contributed by atoms with Gasteiger partial charge in [-0.2, -0.15) is 0 Å². The van der Waals surface area contributed by atoms with Gasteiger partial charge in [-0.25, -0.2) is 0 Å². The average Bonchev–Trinajstić information content (AvgIpc) is 1.83.